The van der Waals surface area contributed by atoms with Gasteiger partial charge in [-0.3, -0.25) is 9.59 Å². The van der Waals surface area contributed by atoms with Crippen LogP contribution in [-0.2, 0) is 16.0 Å². The third kappa shape index (κ3) is 3.05. The maximum absolute atomic E-state index is 12.5. The van der Waals surface area contributed by atoms with Crippen molar-refractivity contribution in [3.05, 3.63) is 59.0 Å². The number of carbonyl (C=O) groups excluding carboxylic acids is 2. The van der Waals surface area contributed by atoms with Gasteiger partial charge >= 0.3 is 5.97 Å². The predicted molar refractivity (Wildman–Crippen MR) is 99.5 cm³/mol. The summed E-state index contributed by atoms with van der Waals surface area (Å²) in [5.41, 5.74) is 4.60. The fourth-order valence-corrected chi connectivity index (χ4v) is 3.66. The Morgan fingerprint density at radius 2 is 2.00 bits per heavy atom. The van der Waals surface area contributed by atoms with Gasteiger partial charge in [0.15, 0.2) is 6.61 Å². The van der Waals surface area contributed by atoms with Crippen molar-refractivity contribution in [3.63, 3.8) is 0 Å². The molecule has 3 aromatic rings. The molecule has 2 aromatic heterocycles. The van der Waals surface area contributed by atoms with E-state index >= 15 is 0 Å². The lowest BCUT2D eigenvalue weighted by molar-refractivity contribution is -0.141. The Kier molecular flexibility index (Phi) is 4.15. The van der Waals surface area contributed by atoms with Crippen molar-refractivity contribution in [2.75, 3.05) is 6.61 Å². The second kappa shape index (κ2) is 6.48. The molecule has 0 saturated heterocycles. The Hall–Kier alpha value is -2.82. The zero-order valence-electron chi connectivity index (χ0n) is 15.0. The van der Waals surface area contributed by atoms with E-state index in [0.29, 0.717) is 11.6 Å². The summed E-state index contributed by atoms with van der Waals surface area (Å²) in [6.07, 6.45) is 4.31. The fraction of sp³-hybridized carbons (Fsp3) is 0.333. The number of aromatic nitrogens is 2. The number of fused-ring (bicyclic) bond motifs is 1. The molecule has 1 saturated carbocycles. The van der Waals surface area contributed by atoms with Crippen molar-refractivity contribution in [1.82, 2.24) is 9.55 Å². The summed E-state index contributed by atoms with van der Waals surface area (Å²) in [5, 5.41) is 1.00. The van der Waals surface area contributed by atoms with Crippen molar-refractivity contribution < 1.29 is 14.3 Å². The van der Waals surface area contributed by atoms with Crippen LogP contribution in [0.1, 0.15) is 46.2 Å². The highest BCUT2D eigenvalue weighted by Crippen LogP contribution is 2.38. The number of aromatic amines is 1. The van der Waals surface area contributed by atoms with Gasteiger partial charge in [0.2, 0.25) is 5.78 Å². The number of Topliss-reactive ketones (excluding diaryl/α,β-unsaturated/α-hetero) is 1. The smallest absolute Gasteiger partial charge is 0.310 e. The molecule has 26 heavy (non-hydrogen) atoms. The van der Waals surface area contributed by atoms with Crippen molar-refractivity contribution in [2.45, 2.75) is 39.2 Å². The van der Waals surface area contributed by atoms with Crippen LogP contribution in [0.25, 0.3) is 10.9 Å². The second-order valence-corrected chi connectivity index (χ2v) is 7.01. The summed E-state index contributed by atoms with van der Waals surface area (Å²) in [6, 6.07) is 10.2. The van der Waals surface area contributed by atoms with Crippen LogP contribution in [0.15, 0.2) is 36.5 Å². The minimum Gasteiger partial charge on any atom is -0.457 e. The Labute approximate surface area is 152 Å². The molecule has 5 heteroatoms. The van der Waals surface area contributed by atoms with Crippen LogP contribution < -0.4 is 0 Å². The predicted octanol–water partition coefficient (Wildman–Crippen LogP) is 3.89. The van der Waals surface area contributed by atoms with Crippen LogP contribution in [0.4, 0.5) is 0 Å². The molecule has 1 N–H and O–H groups in total. The maximum Gasteiger partial charge on any atom is 0.310 e. The van der Waals surface area contributed by atoms with Crippen molar-refractivity contribution in [1.29, 1.82) is 0 Å². The van der Waals surface area contributed by atoms with Gasteiger partial charge in [0.05, 0.1) is 6.42 Å². The molecule has 4 rings (SSSR count). The largest absolute Gasteiger partial charge is 0.457 e. The third-order valence-corrected chi connectivity index (χ3v) is 5.07. The van der Waals surface area contributed by atoms with E-state index in [9.17, 15) is 9.59 Å². The van der Waals surface area contributed by atoms with E-state index in [4.69, 9.17) is 4.74 Å². The molecule has 0 bridgehead atoms. The van der Waals surface area contributed by atoms with E-state index in [1.165, 1.54) is 12.8 Å². The number of nitrogens with zero attached hydrogens (tertiary/aromatic N) is 1. The van der Waals surface area contributed by atoms with Crippen molar-refractivity contribution >= 4 is 22.7 Å². The SMILES string of the molecule is Cc1cc(C(=O)COC(=O)Cc2c[nH]c3ccccc23)c(C)n1C1CC1. The lowest BCUT2D eigenvalue weighted by atomic mass is 10.1. The standard InChI is InChI=1S/C21H22N2O3/c1-13-9-18(14(2)23(13)16-7-8-16)20(24)12-26-21(25)10-15-11-22-19-6-4-3-5-17(15)19/h3-6,9,11,16,22H,7-8,10,12H2,1-2H3. The highest BCUT2D eigenvalue weighted by molar-refractivity contribution is 5.99. The number of nitrogens with one attached hydrogen (secondary N) is 1. The summed E-state index contributed by atoms with van der Waals surface area (Å²) in [5.74, 6) is -0.531. The van der Waals surface area contributed by atoms with Crippen molar-refractivity contribution in [2.24, 2.45) is 0 Å². The number of aryl methyl sites for hydroxylation is 1. The van der Waals surface area contributed by atoms with Gasteiger partial charge in [-0.2, -0.15) is 0 Å². The Morgan fingerprint density at radius 3 is 2.77 bits per heavy atom. The topological polar surface area (TPSA) is 64.1 Å². The average molecular weight is 350 g/mol. The molecule has 5 nitrogen and oxygen atoms in total. The normalized spacial score (nSPS) is 13.9. The van der Waals surface area contributed by atoms with E-state index in [-0.39, 0.29) is 24.8 Å². The lowest BCUT2D eigenvalue weighted by Gasteiger charge is -2.08. The minimum absolute atomic E-state index is 0.141. The van der Waals surface area contributed by atoms with Gasteiger partial charge in [0, 0.05) is 40.1 Å². The molecule has 2 heterocycles. The summed E-state index contributed by atoms with van der Waals surface area (Å²) >= 11 is 0. The Balaban J connectivity index is 1.40. The van der Waals surface area contributed by atoms with E-state index in [0.717, 1.165) is 27.9 Å². The molecule has 0 atom stereocenters. The first kappa shape index (κ1) is 16.6. The number of rotatable bonds is 6. The van der Waals surface area contributed by atoms with E-state index in [2.05, 4.69) is 9.55 Å². The minimum atomic E-state index is -0.390. The maximum atomic E-state index is 12.5. The second-order valence-electron chi connectivity index (χ2n) is 7.01. The van der Waals surface area contributed by atoms with E-state index in [1.807, 2.05) is 50.4 Å². The monoisotopic (exact) mass is 350 g/mol. The summed E-state index contributed by atoms with van der Waals surface area (Å²) in [7, 11) is 0. The van der Waals surface area contributed by atoms with Crippen LogP contribution in [0.2, 0.25) is 0 Å². The number of H-pyrrole nitrogens is 1. The molecule has 1 fully saturated rings. The molecule has 1 aromatic carbocycles. The zero-order valence-corrected chi connectivity index (χ0v) is 15.0. The number of ketones is 1. The molecule has 0 unspecified atom stereocenters. The van der Waals surface area contributed by atoms with Gasteiger partial charge in [0.25, 0.3) is 0 Å². The van der Waals surface area contributed by atoms with E-state index in [1.54, 1.807) is 0 Å². The highest BCUT2D eigenvalue weighted by atomic mass is 16.5. The molecule has 1 aliphatic carbocycles. The van der Waals surface area contributed by atoms with Crippen LogP contribution in [0.5, 0.6) is 0 Å². The summed E-state index contributed by atoms with van der Waals surface area (Å²) in [4.78, 5) is 27.8. The first-order valence-corrected chi connectivity index (χ1v) is 8.97. The summed E-state index contributed by atoms with van der Waals surface area (Å²) < 4.78 is 7.47. The molecule has 1 aliphatic rings. The molecule has 0 spiro atoms. The number of esters is 1. The molecular formula is C21H22N2O3. The van der Waals surface area contributed by atoms with Gasteiger partial charge in [-0.25, -0.2) is 0 Å². The molecular weight excluding hydrogens is 328 g/mol. The molecule has 0 aliphatic heterocycles. The average Bonchev–Trinajstić information content (AvgIpc) is 3.31. The Morgan fingerprint density at radius 1 is 1.23 bits per heavy atom. The van der Waals surface area contributed by atoms with E-state index < -0.39 is 0 Å². The van der Waals surface area contributed by atoms with Gasteiger partial charge in [-0.1, -0.05) is 18.2 Å². The van der Waals surface area contributed by atoms with Gasteiger partial charge in [-0.05, 0) is 44.4 Å². The quantitative estimate of drug-likeness (QED) is 0.542. The third-order valence-electron chi connectivity index (χ3n) is 5.07. The van der Waals surface area contributed by atoms with Gasteiger partial charge in [-0.15, -0.1) is 0 Å². The fourth-order valence-electron chi connectivity index (χ4n) is 3.66. The number of carbonyl (C=O) groups is 2. The van der Waals surface area contributed by atoms with Crippen LogP contribution in [-0.4, -0.2) is 27.9 Å². The van der Waals surface area contributed by atoms with Crippen LogP contribution in [0, 0.1) is 13.8 Å². The van der Waals surface area contributed by atoms with Crippen molar-refractivity contribution in [3.8, 4) is 0 Å². The summed E-state index contributed by atoms with van der Waals surface area (Å²) in [6.45, 7) is 3.77. The number of ether oxygens (including phenoxy) is 1. The number of hydrogen-bond donors (Lipinski definition) is 1. The molecule has 134 valence electrons. The Bertz CT molecular complexity index is 992. The first-order valence-electron chi connectivity index (χ1n) is 8.97. The van der Waals surface area contributed by atoms with Crippen LogP contribution in [0.3, 0.4) is 0 Å². The number of para-hydroxylation sites is 1. The number of hydrogen-bond acceptors (Lipinski definition) is 3. The molecule has 0 amide bonds. The van der Waals surface area contributed by atoms with Gasteiger partial charge < -0.3 is 14.3 Å². The first-order chi connectivity index (χ1) is 12.5. The highest BCUT2D eigenvalue weighted by Gasteiger charge is 2.28. The lowest BCUT2D eigenvalue weighted by Crippen LogP contribution is -2.16. The number of benzene rings is 1. The van der Waals surface area contributed by atoms with Gasteiger partial charge in [0.1, 0.15) is 0 Å². The zero-order chi connectivity index (χ0) is 18.3. The molecule has 0 radical (unpaired) electrons. The van der Waals surface area contributed by atoms with Crippen LogP contribution >= 0.6 is 0 Å².